The summed E-state index contributed by atoms with van der Waals surface area (Å²) in [4.78, 5) is 27.4. The van der Waals surface area contributed by atoms with Gasteiger partial charge in [0.25, 0.3) is 0 Å². The summed E-state index contributed by atoms with van der Waals surface area (Å²) in [5.41, 5.74) is 1.42. The zero-order valence-electron chi connectivity index (χ0n) is 10.2. The number of nitrogens with zero attached hydrogens (tertiary/aromatic N) is 1. The smallest absolute Gasteiger partial charge is 0.247 e. The Kier molecular flexibility index (Phi) is 2.87. The van der Waals surface area contributed by atoms with Gasteiger partial charge in [-0.1, -0.05) is 18.2 Å². The van der Waals surface area contributed by atoms with Crippen LogP contribution in [0.4, 0.5) is 5.69 Å². The zero-order chi connectivity index (χ0) is 13.2. The Labute approximate surface area is 110 Å². The quantitative estimate of drug-likeness (QED) is 0.853. The minimum absolute atomic E-state index is 0.0730. The highest BCUT2D eigenvalue weighted by molar-refractivity contribution is 6.04. The molecule has 3 rings (SSSR count). The average Bonchev–Trinajstić information content (AvgIpc) is 2.86. The first-order valence-electron chi connectivity index (χ1n) is 6.18. The van der Waals surface area contributed by atoms with E-state index in [4.69, 9.17) is 0 Å². The van der Waals surface area contributed by atoms with Gasteiger partial charge < -0.3 is 10.6 Å². The van der Waals surface area contributed by atoms with Crippen molar-refractivity contribution in [1.29, 1.82) is 0 Å². The molecule has 0 aliphatic carbocycles. The topological polar surface area (TPSA) is 71.1 Å². The van der Waals surface area contributed by atoms with Crippen molar-refractivity contribution in [3.8, 4) is 0 Å². The highest BCUT2D eigenvalue weighted by Gasteiger charge is 2.27. The molecule has 1 aromatic heterocycles. The van der Waals surface area contributed by atoms with Crippen molar-refractivity contribution in [2.45, 2.75) is 18.9 Å². The van der Waals surface area contributed by atoms with Crippen LogP contribution in [-0.4, -0.2) is 22.8 Å². The molecule has 0 radical (unpaired) electrons. The number of hydrogen-bond donors (Lipinski definition) is 2. The molecule has 2 N–H and O–H groups in total. The van der Waals surface area contributed by atoms with Crippen molar-refractivity contribution in [2.24, 2.45) is 0 Å². The molecule has 2 amide bonds. The summed E-state index contributed by atoms with van der Waals surface area (Å²) in [5, 5.41) is 6.45. The van der Waals surface area contributed by atoms with Gasteiger partial charge in [-0.15, -0.1) is 0 Å². The molecule has 1 saturated heterocycles. The Morgan fingerprint density at radius 2 is 2.16 bits per heavy atom. The number of aromatic nitrogens is 1. The summed E-state index contributed by atoms with van der Waals surface area (Å²) in [7, 11) is 0. The third kappa shape index (κ3) is 2.27. The number of pyridine rings is 1. The predicted molar refractivity (Wildman–Crippen MR) is 71.5 cm³/mol. The number of para-hydroxylation sites is 1. The van der Waals surface area contributed by atoms with Crippen molar-refractivity contribution in [3.05, 3.63) is 36.5 Å². The van der Waals surface area contributed by atoms with Gasteiger partial charge in [-0.05, 0) is 18.6 Å². The van der Waals surface area contributed by atoms with Crippen molar-refractivity contribution in [1.82, 2.24) is 10.3 Å². The average molecular weight is 255 g/mol. The van der Waals surface area contributed by atoms with Crippen molar-refractivity contribution >= 4 is 28.4 Å². The SMILES string of the molecule is O=C1CCC(C(=O)Nc2cccc3cccnc23)N1. The Hall–Kier alpha value is -2.43. The van der Waals surface area contributed by atoms with Crippen LogP contribution in [0.1, 0.15) is 12.8 Å². The maximum atomic E-state index is 12.1. The summed E-state index contributed by atoms with van der Waals surface area (Å²) < 4.78 is 0. The number of fused-ring (bicyclic) bond motifs is 1. The summed E-state index contributed by atoms with van der Waals surface area (Å²) in [6.45, 7) is 0. The van der Waals surface area contributed by atoms with Crippen LogP contribution < -0.4 is 10.6 Å². The number of amides is 2. The Bertz CT molecular complexity index is 649. The number of nitrogens with one attached hydrogen (secondary N) is 2. The van der Waals surface area contributed by atoms with Crippen molar-refractivity contribution in [2.75, 3.05) is 5.32 Å². The molecule has 5 nitrogen and oxygen atoms in total. The van der Waals surface area contributed by atoms with E-state index >= 15 is 0 Å². The van der Waals surface area contributed by atoms with E-state index in [1.165, 1.54) is 0 Å². The van der Waals surface area contributed by atoms with Gasteiger partial charge in [0.05, 0.1) is 11.2 Å². The summed E-state index contributed by atoms with van der Waals surface area (Å²) in [5.74, 6) is -0.264. The molecule has 0 saturated carbocycles. The summed E-state index contributed by atoms with van der Waals surface area (Å²) >= 11 is 0. The Balaban J connectivity index is 1.85. The maximum Gasteiger partial charge on any atom is 0.247 e. The number of hydrogen-bond acceptors (Lipinski definition) is 3. The third-order valence-electron chi connectivity index (χ3n) is 3.20. The van der Waals surface area contributed by atoms with Gasteiger partial charge in [-0.2, -0.15) is 0 Å². The summed E-state index contributed by atoms with van der Waals surface area (Å²) in [6, 6.07) is 8.97. The first-order valence-corrected chi connectivity index (χ1v) is 6.18. The van der Waals surface area contributed by atoms with Crippen LogP contribution in [0.25, 0.3) is 10.9 Å². The molecule has 1 fully saturated rings. The van der Waals surface area contributed by atoms with E-state index in [-0.39, 0.29) is 11.8 Å². The second-order valence-corrected chi connectivity index (χ2v) is 4.53. The first-order chi connectivity index (χ1) is 9.24. The molecule has 1 aromatic carbocycles. The van der Waals surface area contributed by atoms with Crippen LogP contribution in [0, 0.1) is 0 Å². The zero-order valence-corrected chi connectivity index (χ0v) is 10.2. The van der Waals surface area contributed by atoms with Crippen LogP contribution in [0.3, 0.4) is 0 Å². The fourth-order valence-corrected chi connectivity index (χ4v) is 2.24. The lowest BCUT2D eigenvalue weighted by Crippen LogP contribution is -2.37. The molecule has 1 aliphatic rings. The highest BCUT2D eigenvalue weighted by Crippen LogP contribution is 2.21. The largest absolute Gasteiger partial charge is 0.344 e. The second kappa shape index (κ2) is 4.68. The number of benzene rings is 1. The minimum Gasteiger partial charge on any atom is -0.344 e. The number of carbonyl (C=O) groups excluding carboxylic acids is 2. The van der Waals surface area contributed by atoms with Crippen molar-refractivity contribution < 1.29 is 9.59 Å². The standard InChI is InChI=1S/C14H13N3O2/c18-12-7-6-11(16-12)14(19)17-10-5-1-3-9-4-2-8-15-13(9)10/h1-5,8,11H,6-7H2,(H,16,18)(H,17,19). The molecule has 0 spiro atoms. The molecule has 2 aromatic rings. The van der Waals surface area contributed by atoms with Gasteiger partial charge in [0.2, 0.25) is 11.8 Å². The van der Waals surface area contributed by atoms with E-state index in [1.54, 1.807) is 6.20 Å². The molecule has 96 valence electrons. The molecule has 5 heteroatoms. The lowest BCUT2D eigenvalue weighted by atomic mass is 10.1. The van der Waals surface area contributed by atoms with E-state index in [0.717, 1.165) is 10.9 Å². The van der Waals surface area contributed by atoms with E-state index in [1.807, 2.05) is 30.3 Å². The minimum atomic E-state index is -0.438. The predicted octanol–water partition coefficient (Wildman–Crippen LogP) is 1.45. The van der Waals surface area contributed by atoms with E-state index in [0.29, 0.717) is 18.5 Å². The van der Waals surface area contributed by atoms with Gasteiger partial charge in [0.1, 0.15) is 6.04 Å². The maximum absolute atomic E-state index is 12.1. The number of rotatable bonds is 2. The fourth-order valence-electron chi connectivity index (χ4n) is 2.24. The number of carbonyl (C=O) groups is 2. The molecular weight excluding hydrogens is 242 g/mol. The molecule has 2 heterocycles. The lowest BCUT2D eigenvalue weighted by molar-refractivity contribution is -0.122. The number of anilines is 1. The molecule has 1 aliphatic heterocycles. The first kappa shape index (κ1) is 11.6. The summed E-state index contributed by atoms with van der Waals surface area (Å²) in [6.07, 6.45) is 2.64. The molecule has 1 atom stereocenters. The van der Waals surface area contributed by atoms with Gasteiger partial charge in [0.15, 0.2) is 0 Å². The Morgan fingerprint density at radius 3 is 2.95 bits per heavy atom. The molecular formula is C14H13N3O2. The molecule has 19 heavy (non-hydrogen) atoms. The molecule has 1 unspecified atom stereocenters. The van der Waals surface area contributed by atoms with E-state index in [2.05, 4.69) is 15.6 Å². The second-order valence-electron chi connectivity index (χ2n) is 4.53. The normalized spacial score (nSPS) is 18.3. The van der Waals surface area contributed by atoms with E-state index < -0.39 is 6.04 Å². The van der Waals surface area contributed by atoms with Gasteiger partial charge in [0, 0.05) is 18.0 Å². The Morgan fingerprint density at radius 1 is 1.32 bits per heavy atom. The van der Waals surface area contributed by atoms with Crippen LogP contribution >= 0.6 is 0 Å². The van der Waals surface area contributed by atoms with Crippen LogP contribution in [-0.2, 0) is 9.59 Å². The third-order valence-corrected chi connectivity index (χ3v) is 3.20. The fraction of sp³-hybridized carbons (Fsp3) is 0.214. The van der Waals surface area contributed by atoms with Gasteiger partial charge in [-0.3, -0.25) is 14.6 Å². The molecule has 0 bridgehead atoms. The lowest BCUT2D eigenvalue weighted by Gasteiger charge is -2.12. The highest BCUT2D eigenvalue weighted by atomic mass is 16.2. The van der Waals surface area contributed by atoms with Crippen molar-refractivity contribution in [3.63, 3.8) is 0 Å². The van der Waals surface area contributed by atoms with Crippen LogP contribution in [0.2, 0.25) is 0 Å². The van der Waals surface area contributed by atoms with Gasteiger partial charge >= 0.3 is 0 Å². The van der Waals surface area contributed by atoms with Gasteiger partial charge in [-0.25, -0.2) is 0 Å². The van der Waals surface area contributed by atoms with E-state index in [9.17, 15) is 9.59 Å². The van der Waals surface area contributed by atoms with Crippen LogP contribution in [0.15, 0.2) is 36.5 Å². The van der Waals surface area contributed by atoms with Crippen LogP contribution in [0.5, 0.6) is 0 Å². The monoisotopic (exact) mass is 255 g/mol.